The summed E-state index contributed by atoms with van der Waals surface area (Å²) in [6.45, 7) is 4.46. The van der Waals surface area contributed by atoms with Crippen LogP contribution in [0.2, 0.25) is 0 Å². The Kier molecular flexibility index (Phi) is 3.56. The van der Waals surface area contributed by atoms with Crippen LogP contribution in [0.4, 0.5) is 5.69 Å². The highest BCUT2D eigenvalue weighted by molar-refractivity contribution is 5.98. The van der Waals surface area contributed by atoms with Crippen LogP contribution in [0.5, 0.6) is 0 Å². The van der Waals surface area contributed by atoms with Crippen molar-refractivity contribution in [3.05, 3.63) is 11.4 Å². The van der Waals surface area contributed by atoms with Crippen molar-refractivity contribution in [3.8, 4) is 12.3 Å². The van der Waals surface area contributed by atoms with Crippen molar-refractivity contribution in [1.29, 1.82) is 0 Å². The molecule has 0 saturated heterocycles. The highest BCUT2D eigenvalue weighted by Crippen LogP contribution is 2.17. The third-order valence-corrected chi connectivity index (χ3v) is 2.42. The highest BCUT2D eigenvalue weighted by atomic mass is 16.2. The topological polar surface area (TPSA) is 64.2 Å². The summed E-state index contributed by atoms with van der Waals surface area (Å²) < 4.78 is 1.49. The molecule has 16 heavy (non-hydrogen) atoms. The van der Waals surface area contributed by atoms with Crippen LogP contribution in [-0.2, 0) is 7.05 Å². The number of rotatable bonds is 3. The molecule has 1 heterocycles. The van der Waals surface area contributed by atoms with Gasteiger partial charge in [0, 0.05) is 13.6 Å². The van der Waals surface area contributed by atoms with Gasteiger partial charge in [-0.05, 0) is 13.8 Å². The highest BCUT2D eigenvalue weighted by Gasteiger charge is 2.21. The predicted octanol–water partition coefficient (Wildman–Crippen LogP) is 0.406. The quantitative estimate of drug-likeness (QED) is 0.750. The second-order valence-corrected chi connectivity index (χ2v) is 3.49. The van der Waals surface area contributed by atoms with Gasteiger partial charge in [-0.15, -0.1) is 6.42 Å². The van der Waals surface area contributed by atoms with Crippen LogP contribution >= 0.6 is 0 Å². The zero-order chi connectivity index (χ0) is 12.3. The maximum absolute atomic E-state index is 12.1. The summed E-state index contributed by atoms with van der Waals surface area (Å²) in [7, 11) is 1.69. The molecule has 5 heteroatoms. The van der Waals surface area contributed by atoms with E-state index in [0.717, 1.165) is 0 Å². The van der Waals surface area contributed by atoms with Crippen molar-refractivity contribution in [3.63, 3.8) is 0 Å². The second-order valence-electron chi connectivity index (χ2n) is 3.49. The summed E-state index contributed by atoms with van der Waals surface area (Å²) in [5.74, 6) is 2.27. The molecule has 0 unspecified atom stereocenters. The minimum Gasteiger partial charge on any atom is -0.395 e. The third-order valence-electron chi connectivity index (χ3n) is 2.42. The SMILES string of the molecule is C#CCN(CC)C(=O)c1c(N)c(C)nn1C. The molecule has 5 nitrogen and oxygen atoms in total. The number of hydrogen-bond donors (Lipinski definition) is 1. The Hall–Kier alpha value is -1.96. The van der Waals surface area contributed by atoms with E-state index in [1.54, 1.807) is 18.9 Å². The van der Waals surface area contributed by atoms with Crippen LogP contribution < -0.4 is 5.73 Å². The van der Waals surface area contributed by atoms with Gasteiger partial charge >= 0.3 is 0 Å². The molecule has 2 N–H and O–H groups in total. The van der Waals surface area contributed by atoms with E-state index < -0.39 is 0 Å². The van der Waals surface area contributed by atoms with Crippen LogP contribution in [-0.4, -0.2) is 33.7 Å². The molecule has 0 radical (unpaired) electrons. The van der Waals surface area contributed by atoms with Gasteiger partial charge < -0.3 is 10.6 Å². The van der Waals surface area contributed by atoms with E-state index in [4.69, 9.17) is 12.2 Å². The zero-order valence-electron chi connectivity index (χ0n) is 9.82. The van der Waals surface area contributed by atoms with Crippen LogP contribution in [0, 0.1) is 19.3 Å². The molecule has 0 spiro atoms. The molecule has 86 valence electrons. The van der Waals surface area contributed by atoms with Crippen molar-refractivity contribution in [1.82, 2.24) is 14.7 Å². The average Bonchev–Trinajstić information content (AvgIpc) is 2.49. The number of aryl methyl sites for hydroxylation is 2. The lowest BCUT2D eigenvalue weighted by molar-refractivity contribution is 0.0775. The Morgan fingerprint density at radius 3 is 2.69 bits per heavy atom. The molecule has 0 fully saturated rings. The maximum Gasteiger partial charge on any atom is 0.275 e. The lowest BCUT2D eigenvalue weighted by atomic mass is 10.2. The van der Waals surface area contributed by atoms with Crippen molar-refractivity contribution in [2.24, 2.45) is 7.05 Å². The second kappa shape index (κ2) is 4.71. The first-order chi connectivity index (χ1) is 7.52. The van der Waals surface area contributed by atoms with Gasteiger partial charge in [-0.25, -0.2) is 0 Å². The number of nitrogens with zero attached hydrogens (tertiary/aromatic N) is 3. The van der Waals surface area contributed by atoms with Gasteiger partial charge in [0.2, 0.25) is 0 Å². The molecular weight excluding hydrogens is 204 g/mol. The molecule has 1 aromatic heterocycles. The minimum absolute atomic E-state index is 0.180. The first-order valence-electron chi connectivity index (χ1n) is 5.04. The Morgan fingerprint density at radius 2 is 2.31 bits per heavy atom. The average molecular weight is 220 g/mol. The molecule has 1 rings (SSSR count). The van der Waals surface area contributed by atoms with E-state index in [1.807, 2.05) is 6.92 Å². The van der Waals surface area contributed by atoms with Crippen LogP contribution in [0.3, 0.4) is 0 Å². The molecule has 1 aromatic rings. The summed E-state index contributed by atoms with van der Waals surface area (Å²) in [6, 6.07) is 0. The minimum atomic E-state index is -0.180. The summed E-state index contributed by atoms with van der Waals surface area (Å²) in [6.07, 6.45) is 5.20. The molecule has 0 bridgehead atoms. The Balaban J connectivity index is 3.09. The third kappa shape index (κ3) is 2.01. The van der Waals surface area contributed by atoms with Gasteiger partial charge in [-0.3, -0.25) is 9.48 Å². The first kappa shape index (κ1) is 12.1. The number of nitrogen functional groups attached to an aromatic ring is 1. The number of aromatic nitrogens is 2. The fourth-order valence-electron chi connectivity index (χ4n) is 1.52. The number of terminal acetylenes is 1. The molecule has 0 atom stereocenters. The molecule has 0 aliphatic rings. The van der Waals surface area contributed by atoms with Gasteiger partial charge in [0.1, 0.15) is 5.69 Å². The van der Waals surface area contributed by atoms with E-state index in [0.29, 0.717) is 23.6 Å². The Morgan fingerprint density at radius 1 is 1.69 bits per heavy atom. The molecule has 1 amide bonds. The molecule has 0 aromatic carbocycles. The molecule has 0 aliphatic carbocycles. The van der Waals surface area contributed by atoms with E-state index in [1.165, 1.54) is 4.68 Å². The normalized spacial score (nSPS) is 9.88. The van der Waals surface area contributed by atoms with Crippen molar-refractivity contribution in [2.45, 2.75) is 13.8 Å². The van der Waals surface area contributed by atoms with Crippen molar-refractivity contribution >= 4 is 11.6 Å². The molecule has 0 saturated carbocycles. The van der Waals surface area contributed by atoms with Gasteiger partial charge in [-0.1, -0.05) is 5.92 Å². The smallest absolute Gasteiger partial charge is 0.275 e. The fourth-order valence-corrected chi connectivity index (χ4v) is 1.52. The van der Waals surface area contributed by atoms with Gasteiger partial charge in [0.15, 0.2) is 0 Å². The summed E-state index contributed by atoms with van der Waals surface area (Å²) >= 11 is 0. The number of carbonyl (C=O) groups excluding carboxylic acids is 1. The number of carbonyl (C=O) groups is 1. The number of amides is 1. The summed E-state index contributed by atoms with van der Waals surface area (Å²) in [5, 5.41) is 4.10. The van der Waals surface area contributed by atoms with Crippen molar-refractivity contribution < 1.29 is 4.79 Å². The first-order valence-corrected chi connectivity index (χ1v) is 5.04. The van der Waals surface area contributed by atoms with E-state index in [9.17, 15) is 4.79 Å². The fraction of sp³-hybridized carbons (Fsp3) is 0.455. The predicted molar refractivity (Wildman–Crippen MR) is 62.8 cm³/mol. The van der Waals surface area contributed by atoms with E-state index >= 15 is 0 Å². The maximum atomic E-state index is 12.1. The van der Waals surface area contributed by atoms with E-state index in [-0.39, 0.29) is 12.5 Å². The van der Waals surface area contributed by atoms with Gasteiger partial charge in [0.05, 0.1) is 17.9 Å². The van der Waals surface area contributed by atoms with Crippen LogP contribution in [0.15, 0.2) is 0 Å². The van der Waals surface area contributed by atoms with Crippen molar-refractivity contribution in [2.75, 3.05) is 18.8 Å². The lowest BCUT2D eigenvalue weighted by Gasteiger charge is -2.18. The standard InChI is InChI=1S/C11H16N4O/c1-5-7-15(6-2)11(16)10-9(12)8(3)13-14(10)4/h1H,6-7,12H2,2-4H3. The summed E-state index contributed by atoms with van der Waals surface area (Å²) in [4.78, 5) is 13.7. The van der Waals surface area contributed by atoms with Crippen LogP contribution in [0.25, 0.3) is 0 Å². The molecular formula is C11H16N4O. The Labute approximate surface area is 95.2 Å². The van der Waals surface area contributed by atoms with Crippen LogP contribution in [0.1, 0.15) is 23.1 Å². The Bertz CT molecular complexity index is 442. The largest absolute Gasteiger partial charge is 0.395 e. The monoisotopic (exact) mass is 220 g/mol. The van der Waals surface area contributed by atoms with Gasteiger partial charge in [-0.2, -0.15) is 5.10 Å². The number of hydrogen-bond acceptors (Lipinski definition) is 3. The summed E-state index contributed by atoms with van der Waals surface area (Å²) in [5.41, 5.74) is 7.28. The molecule has 0 aliphatic heterocycles. The van der Waals surface area contributed by atoms with E-state index in [2.05, 4.69) is 11.0 Å². The number of nitrogens with two attached hydrogens (primary N) is 1. The zero-order valence-corrected chi connectivity index (χ0v) is 9.82. The van der Waals surface area contributed by atoms with Gasteiger partial charge in [0.25, 0.3) is 5.91 Å². The number of anilines is 1. The lowest BCUT2D eigenvalue weighted by Crippen LogP contribution is -2.33.